The van der Waals surface area contributed by atoms with Crippen LogP contribution in [0.15, 0.2) is 18.2 Å². The van der Waals surface area contributed by atoms with Crippen molar-refractivity contribution in [1.82, 2.24) is 0 Å². The maximum atomic E-state index is 5.93. The summed E-state index contributed by atoms with van der Waals surface area (Å²) < 4.78 is 10.9. The Labute approximate surface area is 96.5 Å². The fourth-order valence-electron chi connectivity index (χ4n) is 1.47. The van der Waals surface area contributed by atoms with E-state index in [1.54, 1.807) is 7.11 Å². The van der Waals surface area contributed by atoms with Crippen molar-refractivity contribution in [2.24, 2.45) is 11.5 Å². The molecule has 0 aromatic heterocycles. The van der Waals surface area contributed by atoms with Crippen molar-refractivity contribution in [3.63, 3.8) is 0 Å². The predicted octanol–water partition coefficient (Wildman–Crippen LogP) is 1.44. The molecule has 0 fully saturated rings. The maximum absolute atomic E-state index is 5.93. The first kappa shape index (κ1) is 12.8. The first-order chi connectivity index (χ1) is 7.74. The summed E-state index contributed by atoms with van der Waals surface area (Å²) in [5.74, 6) is 1.42. The zero-order valence-electron chi connectivity index (χ0n) is 9.90. The molecule has 1 aromatic carbocycles. The highest BCUT2D eigenvalue weighted by Gasteiger charge is 2.15. The molecule has 90 valence electrons. The minimum atomic E-state index is -0.220. The van der Waals surface area contributed by atoms with Gasteiger partial charge < -0.3 is 20.9 Å². The molecule has 0 amide bonds. The van der Waals surface area contributed by atoms with Crippen molar-refractivity contribution in [2.45, 2.75) is 19.4 Å². The van der Waals surface area contributed by atoms with Gasteiger partial charge in [-0.2, -0.15) is 0 Å². The quantitative estimate of drug-likeness (QED) is 0.767. The zero-order chi connectivity index (χ0) is 12.0. The molecule has 0 saturated heterocycles. The number of rotatable bonds is 6. The number of nitrogens with two attached hydrogens (primary N) is 2. The lowest BCUT2D eigenvalue weighted by atomic mass is 10.1. The standard InChI is InChI=1S/C12H20N2O2/c1-3-7-16-12-9(10(14)8-13)5-4-6-11(12)15-2/h4-6,10H,3,7-8,13-14H2,1-2H3/t10-/m0/s1. The number of ether oxygens (including phenoxy) is 2. The summed E-state index contributed by atoms with van der Waals surface area (Å²) in [5.41, 5.74) is 12.4. The average Bonchev–Trinajstić information content (AvgIpc) is 2.34. The molecule has 0 saturated carbocycles. The average molecular weight is 224 g/mol. The lowest BCUT2D eigenvalue weighted by Gasteiger charge is -2.17. The Balaban J connectivity index is 3.04. The topological polar surface area (TPSA) is 70.5 Å². The van der Waals surface area contributed by atoms with Gasteiger partial charge in [-0.25, -0.2) is 0 Å². The highest BCUT2D eigenvalue weighted by Crippen LogP contribution is 2.33. The second-order valence-electron chi connectivity index (χ2n) is 3.57. The van der Waals surface area contributed by atoms with Crippen LogP contribution in [0.1, 0.15) is 24.9 Å². The second kappa shape index (κ2) is 6.35. The molecule has 0 aliphatic rings. The molecule has 4 nitrogen and oxygen atoms in total. The van der Waals surface area contributed by atoms with Gasteiger partial charge in [-0.3, -0.25) is 0 Å². The smallest absolute Gasteiger partial charge is 0.165 e. The molecular weight excluding hydrogens is 204 g/mol. The summed E-state index contributed by atoms with van der Waals surface area (Å²) in [6.07, 6.45) is 0.940. The van der Waals surface area contributed by atoms with E-state index in [-0.39, 0.29) is 6.04 Å². The van der Waals surface area contributed by atoms with Gasteiger partial charge in [0.2, 0.25) is 0 Å². The molecule has 0 radical (unpaired) electrons. The normalized spacial score (nSPS) is 12.2. The Morgan fingerprint density at radius 1 is 1.38 bits per heavy atom. The van der Waals surface area contributed by atoms with Crippen LogP contribution in [0.2, 0.25) is 0 Å². The van der Waals surface area contributed by atoms with Crippen LogP contribution in [-0.2, 0) is 0 Å². The molecule has 0 heterocycles. The SMILES string of the molecule is CCCOc1c(OC)cccc1[C@@H](N)CN. The Kier molecular flexibility index (Phi) is 5.08. The number of methoxy groups -OCH3 is 1. The van der Waals surface area contributed by atoms with Crippen LogP contribution in [-0.4, -0.2) is 20.3 Å². The third-order valence-electron chi connectivity index (χ3n) is 2.33. The van der Waals surface area contributed by atoms with Crippen LogP contribution in [0, 0.1) is 0 Å². The van der Waals surface area contributed by atoms with E-state index in [1.807, 2.05) is 18.2 Å². The van der Waals surface area contributed by atoms with Crippen molar-refractivity contribution in [3.05, 3.63) is 23.8 Å². The molecule has 0 unspecified atom stereocenters. The van der Waals surface area contributed by atoms with E-state index in [0.29, 0.717) is 24.7 Å². The summed E-state index contributed by atoms with van der Waals surface area (Å²) in [7, 11) is 1.62. The summed E-state index contributed by atoms with van der Waals surface area (Å²) >= 11 is 0. The van der Waals surface area contributed by atoms with Crippen molar-refractivity contribution >= 4 is 0 Å². The first-order valence-corrected chi connectivity index (χ1v) is 5.49. The third kappa shape index (κ3) is 2.87. The summed E-state index contributed by atoms with van der Waals surface area (Å²) in [6.45, 7) is 3.08. The monoisotopic (exact) mass is 224 g/mol. The molecule has 0 bridgehead atoms. The molecule has 16 heavy (non-hydrogen) atoms. The third-order valence-corrected chi connectivity index (χ3v) is 2.33. The van der Waals surface area contributed by atoms with Gasteiger partial charge in [-0.15, -0.1) is 0 Å². The van der Waals surface area contributed by atoms with E-state index in [4.69, 9.17) is 20.9 Å². The molecule has 1 aromatic rings. The highest BCUT2D eigenvalue weighted by atomic mass is 16.5. The first-order valence-electron chi connectivity index (χ1n) is 5.49. The van der Waals surface area contributed by atoms with Crippen LogP contribution in [0.5, 0.6) is 11.5 Å². The van der Waals surface area contributed by atoms with E-state index in [2.05, 4.69) is 6.92 Å². The van der Waals surface area contributed by atoms with Gasteiger partial charge >= 0.3 is 0 Å². The molecule has 4 heteroatoms. The van der Waals surface area contributed by atoms with Gasteiger partial charge in [0.25, 0.3) is 0 Å². The van der Waals surface area contributed by atoms with E-state index in [0.717, 1.165) is 12.0 Å². The number of hydrogen-bond acceptors (Lipinski definition) is 4. The van der Waals surface area contributed by atoms with Gasteiger partial charge in [-0.1, -0.05) is 19.1 Å². The zero-order valence-corrected chi connectivity index (χ0v) is 9.90. The second-order valence-corrected chi connectivity index (χ2v) is 3.57. The Bertz CT molecular complexity index is 329. The van der Waals surface area contributed by atoms with Crippen LogP contribution < -0.4 is 20.9 Å². The van der Waals surface area contributed by atoms with E-state index in [1.165, 1.54) is 0 Å². The molecular formula is C12H20N2O2. The van der Waals surface area contributed by atoms with Crippen molar-refractivity contribution in [1.29, 1.82) is 0 Å². The van der Waals surface area contributed by atoms with E-state index in [9.17, 15) is 0 Å². The lowest BCUT2D eigenvalue weighted by molar-refractivity contribution is 0.289. The molecule has 4 N–H and O–H groups in total. The van der Waals surface area contributed by atoms with Crippen LogP contribution in [0.4, 0.5) is 0 Å². The Morgan fingerprint density at radius 2 is 2.12 bits per heavy atom. The summed E-state index contributed by atoms with van der Waals surface area (Å²) in [6, 6.07) is 5.45. The minimum Gasteiger partial charge on any atom is -0.493 e. The van der Waals surface area contributed by atoms with Crippen molar-refractivity contribution in [2.75, 3.05) is 20.3 Å². The maximum Gasteiger partial charge on any atom is 0.165 e. The molecule has 0 spiro atoms. The fourth-order valence-corrected chi connectivity index (χ4v) is 1.47. The predicted molar refractivity (Wildman–Crippen MR) is 64.8 cm³/mol. The van der Waals surface area contributed by atoms with Crippen LogP contribution in [0.25, 0.3) is 0 Å². The minimum absolute atomic E-state index is 0.220. The number of hydrogen-bond donors (Lipinski definition) is 2. The van der Waals surface area contributed by atoms with Gasteiger partial charge in [0.1, 0.15) is 0 Å². The van der Waals surface area contributed by atoms with Crippen molar-refractivity contribution in [3.8, 4) is 11.5 Å². The highest BCUT2D eigenvalue weighted by molar-refractivity contribution is 5.48. The largest absolute Gasteiger partial charge is 0.493 e. The van der Waals surface area contributed by atoms with Crippen LogP contribution >= 0.6 is 0 Å². The Morgan fingerprint density at radius 3 is 2.69 bits per heavy atom. The van der Waals surface area contributed by atoms with Gasteiger partial charge in [0.05, 0.1) is 13.7 Å². The summed E-state index contributed by atoms with van der Waals surface area (Å²) in [4.78, 5) is 0. The Hall–Kier alpha value is -1.26. The molecule has 0 aliphatic heterocycles. The fraction of sp³-hybridized carbons (Fsp3) is 0.500. The molecule has 1 rings (SSSR count). The van der Waals surface area contributed by atoms with E-state index >= 15 is 0 Å². The van der Waals surface area contributed by atoms with Crippen molar-refractivity contribution < 1.29 is 9.47 Å². The molecule has 0 aliphatic carbocycles. The number of benzene rings is 1. The molecule has 1 atom stereocenters. The van der Waals surface area contributed by atoms with E-state index < -0.39 is 0 Å². The van der Waals surface area contributed by atoms with Gasteiger partial charge in [0, 0.05) is 18.2 Å². The lowest BCUT2D eigenvalue weighted by Crippen LogP contribution is -2.21. The van der Waals surface area contributed by atoms with Crippen LogP contribution in [0.3, 0.4) is 0 Å². The van der Waals surface area contributed by atoms with Gasteiger partial charge in [-0.05, 0) is 12.5 Å². The van der Waals surface area contributed by atoms with Gasteiger partial charge in [0.15, 0.2) is 11.5 Å². The summed E-state index contributed by atoms with van der Waals surface area (Å²) in [5, 5.41) is 0. The number of para-hydroxylation sites is 1.